The lowest BCUT2D eigenvalue weighted by Crippen LogP contribution is -2.28. The Hall–Kier alpha value is -3.47. The second kappa shape index (κ2) is 8.69. The van der Waals surface area contributed by atoms with Gasteiger partial charge in [0.05, 0.1) is 12.1 Å². The summed E-state index contributed by atoms with van der Waals surface area (Å²) in [7, 11) is 0. The summed E-state index contributed by atoms with van der Waals surface area (Å²) in [6, 6.07) is 12.4. The highest BCUT2D eigenvalue weighted by Crippen LogP contribution is 2.30. The SMILES string of the molecule is O=C(NCc1nnc(C(=O)Nc2ccccc2)s1)Nc1cccc(C(F)(F)F)c1. The number of alkyl halides is 3. The van der Waals surface area contributed by atoms with Crippen LogP contribution in [0.15, 0.2) is 54.6 Å². The monoisotopic (exact) mass is 421 g/mol. The molecule has 0 bridgehead atoms. The first-order chi connectivity index (χ1) is 13.8. The summed E-state index contributed by atoms with van der Waals surface area (Å²) in [5, 5.41) is 15.5. The Morgan fingerprint density at radius 3 is 2.38 bits per heavy atom. The van der Waals surface area contributed by atoms with Crippen LogP contribution in [0.5, 0.6) is 0 Å². The van der Waals surface area contributed by atoms with Crippen LogP contribution >= 0.6 is 11.3 Å². The van der Waals surface area contributed by atoms with Gasteiger partial charge in [0.2, 0.25) is 5.01 Å². The van der Waals surface area contributed by atoms with Gasteiger partial charge in [-0.1, -0.05) is 35.6 Å². The summed E-state index contributed by atoms with van der Waals surface area (Å²) < 4.78 is 38.1. The number of aromatic nitrogens is 2. The van der Waals surface area contributed by atoms with Gasteiger partial charge in [-0.2, -0.15) is 13.2 Å². The normalized spacial score (nSPS) is 11.0. The summed E-state index contributed by atoms with van der Waals surface area (Å²) >= 11 is 0.989. The van der Waals surface area contributed by atoms with Crippen LogP contribution in [0.4, 0.5) is 29.3 Å². The molecule has 1 heterocycles. The highest BCUT2D eigenvalue weighted by Gasteiger charge is 2.30. The standard InChI is InChI=1S/C18H14F3N5O2S/c19-18(20,21)11-5-4-8-13(9-11)24-17(28)22-10-14-25-26-16(29-14)15(27)23-12-6-2-1-3-7-12/h1-9H,10H2,(H,23,27)(H2,22,24,28). The van der Waals surface area contributed by atoms with E-state index in [-0.39, 0.29) is 17.2 Å². The fraction of sp³-hybridized carbons (Fsp3) is 0.111. The van der Waals surface area contributed by atoms with Crippen molar-refractivity contribution in [1.29, 1.82) is 0 Å². The Morgan fingerprint density at radius 1 is 0.931 bits per heavy atom. The minimum absolute atomic E-state index is 0.00230. The fourth-order valence-electron chi connectivity index (χ4n) is 2.23. The van der Waals surface area contributed by atoms with Crippen molar-refractivity contribution in [2.75, 3.05) is 10.6 Å². The zero-order chi connectivity index (χ0) is 20.9. The van der Waals surface area contributed by atoms with Crippen molar-refractivity contribution in [2.24, 2.45) is 0 Å². The minimum atomic E-state index is -4.50. The van der Waals surface area contributed by atoms with E-state index in [4.69, 9.17) is 0 Å². The average molecular weight is 421 g/mol. The second-order valence-electron chi connectivity index (χ2n) is 5.71. The van der Waals surface area contributed by atoms with Crippen molar-refractivity contribution in [3.8, 4) is 0 Å². The van der Waals surface area contributed by atoms with Crippen molar-refractivity contribution < 1.29 is 22.8 Å². The maximum Gasteiger partial charge on any atom is 0.416 e. The number of amides is 3. The zero-order valence-electron chi connectivity index (χ0n) is 14.7. The number of anilines is 2. The molecule has 1 aromatic heterocycles. The molecule has 11 heteroatoms. The van der Waals surface area contributed by atoms with Gasteiger partial charge in [0.25, 0.3) is 5.91 Å². The third-order valence-corrected chi connectivity index (χ3v) is 4.46. The van der Waals surface area contributed by atoms with Gasteiger partial charge >= 0.3 is 12.2 Å². The molecule has 3 aromatic rings. The molecular weight excluding hydrogens is 407 g/mol. The molecule has 3 N–H and O–H groups in total. The molecule has 2 aromatic carbocycles. The van der Waals surface area contributed by atoms with Gasteiger partial charge in [-0.05, 0) is 30.3 Å². The molecule has 0 radical (unpaired) electrons. The highest BCUT2D eigenvalue weighted by molar-refractivity contribution is 7.13. The van der Waals surface area contributed by atoms with Crippen LogP contribution in [0.2, 0.25) is 0 Å². The van der Waals surface area contributed by atoms with E-state index in [0.717, 1.165) is 23.5 Å². The second-order valence-corrected chi connectivity index (χ2v) is 6.77. The van der Waals surface area contributed by atoms with E-state index in [1.807, 2.05) is 6.07 Å². The van der Waals surface area contributed by atoms with E-state index in [1.165, 1.54) is 12.1 Å². The summed E-state index contributed by atoms with van der Waals surface area (Å²) in [6.45, 7) is -0.0406. The van der Waals surface area contributed by atoms with Crippen molar-refractivity contribution >= 4 is 34.6 Å². The van der Waals surface area contributed by atoms with Gasteiger partial charge in [0, 0.05) is 11.4 Å². The lowest BCUT2D eigenvalue weighted by molar-refractivity contribution is -0.137. The lowest BCUT2D eigenvalue weighted by Gasteiger charge is -2.10. The Labute approximate surface area is 167 Å². The molecule has 3 amide bonds. The topological polar surface area (TPSA) is 96.0 Å². The van der Waals surface area contributed by atoms with Gasteiger partial charge in [-0.25, -0.2) is 4.79 Å². The molecule has 29 heavy (non-hydrogen) atoms. The molecule has 0 fully saturated rings. The maximum absolute atomic E-state index is 12.7. The fourth-order valence-corrected chi connectivity index (χ4v) is 2.90. The summed E-state index contributed by atoms with van der Waals surface area (Å²) in [5.41, 5.74) is -0.265. The van der Waals surface area contributed by atoms with Crippen LogP contribution in [0.3, 0.4) is 0 Å². The predicted molar refractivity (Wildman–Crippen MR) is 102 cm³/mol. The van der Waals surface area contributed by atoms with Crippen LogP contribution in [0.1, 0.15) is 20.4 Å². The molecule has 0 saturated carbocycles. The number of para-hydroxylation sites is 1. The van der Waals surface area contributed by atoms with E-state index in [9.17, 15) is 22.8 Å². The smallest absolute Gasteiger partial charge is 0.331 e. The number of hydrogen-bond acceptors (Lipinski definition) is 5. The largest absolute Gasteiger partial charge is 0.416 e. The molecule has 7 nitrogen and oxygen atoms in total. The number of hydrogen-bond donors (Lipinski definition) is 3. The number of nitrogens with zero attached hydrogens (tertiary/aromatic N) is 2. The van der Waals surface area contributed by atoms with Crippen molar-refractivity contribution in [1.82, 2.24) is 15.5 Å². The van der Waals surface area contributed by atoms with E-state index >= 15 is 0 Å². The summed E-state index contributed by atoms with van der Waals surface area (Å²) in [6.07, 6.45) is -4.50. The first-order valence-corrected chi connectivity index (χ1v) is 9.04. The number of halogens is 3. The number of rotatable bonds is 5. The van der Waals surface area contributed by atoms with E-state index < -0.39 is 23.7 Å². The summed E-state index contributed by atoms with van der Waals surface area (Å²) in [4.78, 5) is 24.0. The lowest BCUT2D eigenvalue weighted by atomic mass is 10.2. The number of nitrogens with one attached hydrogen (secondary N) is 3. The molecule has 0 aliphatic rings. The van der Waals surface area contributed by atoms with Crippen LogP contribution in [0.25, 0.3) is 0 Å². The molecule has 150 valence electrons. The number of benzene rings is 2. The third kappa shape index (κ3) is 5.75. The minimum Gasteiger partial charge on any atom is -0.331 e. The number of carbonyl (C=O) groups is 2. The molecule has 3 rings (SSSR count). The van der Waals surface area contributed by atoms with Crippen LogP contribution in [-0.4, -0.2) is 22.1 Å². The van der Waals surface area contributed by atoms with E-state index in [0.29, 0.717) is 10.7 Å². The third-order valence-electron chi connectivity index (χ3n) is 3.54. The number of carbonyl (C=O) groups excluding carboxylic acids is 2. The molecule has 0 unspecified atom stereocenters. The Kier molecular flexibility index (Phi) is 6.07. The molecular formula is C18H14F3N5O2S. The Morgan fingerprint density at radius 2 is 1.66 bits per heavy atom. The van der Waals surface area contributed by atoms with E-state index in [1.54, 1.807) is 24.3 Å². The van der Waals surface area contributed by atoms with Crippen molar-refractivity contribution in [3.05, 3.63) is 70.2 Å². The van der Waals surface area contributed by atoms with Gasteiger partial charge in [0.15, 0.2) is 0 Å². The molecule has 0 saturated heterocycles. The molecule has 0 aliphatic carbocycles. The van der Waals surface area contributed by atoms with Gasteiger partial charge < -0.3 is 16.0 Å². The molecule has 0 atom stereocenters. The van der Waals surface area contributed by atoms with Crippen LogP contribution in [0, 0.1) is 0 Å². The van der Waals surface area contributed by atoms with Crippen LogP contribution in [-0.2, 0) is 12.7 Å². The summed E-state index contributed by atoms with van der Waals surface area (Å²) in [5.74, 6) is -0.437. The van der Waals surface area contributed by atoms with Gasteiger partial charge in [-0.15, -0.1) is 10.2 Å². The Bertz CT molecular complexity index is 1010. The van der Waals surface area contributed by atoms with Crippen LogP contribution < -0.4 is 16.0 Å². The molecule has 0 spiro atoms. The highest BCUT2D eigenvalue weighted by atomic mass is 32.1. The van der Waals surface area contributed by atoms with E-state index in [2.05, 4.69) is 26.1 Å². The first-order valence-electron chi connectivity index (χ1n) is 8.22. The zero-order valence-corrected chi connectivity index (χ0v) is 15.5. The molecule has 0 aliphatic heterocycles. The predicted octanol–water partition coefficient (Wildman–Crippen LogP) is 4.13. The number of urea groups is 1. The Balaban J connectivity index is 1.53. The average Bonchev–Trinajstić information content (AvgIpc) is 3.16. The first kappa shape index (κ1) is 20.3. The van der Waals surface area contributed by atoms with Crippen molar-refractivity contribution in [2.45, 2.75) is 12.7 Å². The van der Waals surface area contributed by atoms with Crippen molar-refractivity contribution in [3.63, 3.8) is 0 Å². The maximum atomic E-state index is 12.7. The quantitative estimate of drug-likeness (QED) is 0.577. The van der Waals surface area contributed by atoms with Gasteiger partial charge in [0.1, 0.15) is 5.01 Å². The van der Waals surface area contributed by atoms with Gasteiger partial charge in [-0.3, -0.25) is 4.79 Å².